The number of rotatable bonds is 11. The van der Waals surface area contributed by atoms with Gasteiger partial charge in [0, 0.05) is 0 Å². The lowest BCUT2D eigenvalue weighted by molar-refractivity contribution is -0.238. The molecule has 5 nitrogen and oxygen atoms in total. The molecular formula is C19H36O5. The van der Waals surface area contributed by atoms with Gasteiger partial charge in [-0.15, -0.1) is 0 Å². The van der Waals surface area contributed by atoms with Gasteiger partial charge in [0.15, 0.2) is 12.6 Å². The minimum Gasteiger partial charge on any atom is -0.393 e. The summed E-state index contributed by atoms with van der Waals surface area (Å²) in [4.78, 5) is 0. The fourth-order valence-electron chi connectivity index (χ4n) is 3.46. The van der Waals surface area contributed by atoms with Gasteiger partial charge in [0.05, 0.1) is 31.5 Å². The first-order chi connectivity index (χ1) is 11.5. The summed E-state index contributed by atoms with van der Waals surface area (Å²) in [6, 6.07) is 0. The van der Waals surface area contributed by atoms with E-state index in [0.29, 0.717) is 37.3 Å². The maximum atomic E-state index is 9.70. The third kappa shape index (κ3) is 7.36. The highest BCUT2D eigenvalue weighted by Crippen LogP contribution is 2.29. The first-order valence-electron chi connectivity index (χ1n) is 9.70. The second kappa shape index (κ2) is 10.1. The molecular weight excluding hydrogens is 308 g/mol. The summed E-state index contributed by atoms with van der Waals surface area (Å²) in [5, 5.41) is 9.70. The molecule has 0 spiro atoms. The highest BCUT2D eigenvalue weighted by atomic mass is 16.8. The zero-order valence-electron chi connectivity index (χ0n) is 15.8. The molecule has 1 saturated heterocycles. The summed E-state index contributed by atoms with van der Waals surface area (Å²) < 4.78 is 22.9. The summed E-state index contributed by atoms with van der Waals surface area (Å²) in [5.41, 5.74) is 0. The van der Waals surface area contributed by atoms with Crippen molar-refractivity contribution in [2.45, 2.75) is 97.1 Å². The van der Waals surface area contributed by atoms with Crippen molar-refractivity contribution < 1.29 is 24.1 Å². The van der Waals surface area contributed by atoms with Crippen LogP contribution in [0.2, 0.25) is 0 Å². The van der Waals surface area contributed by atoms with Crippen LogP contribution in [0, 0.1) is 11.8 Å². The van der Waals surface area contributed by atoms with E-state index < -0.39 is 0 Å². The van der Waals surface area contributed by atoms with Gasteiger partial charge in [-0.2, -0.15) is 0 Å². The third-order valence-corrected chi connectivity index (χ3v) is 5.25. The molecule has 2 aliphatic rings. The quantitative estimate of drug-likeness (QED) is 0.459. The lowest BCUT2D eigenvalue weighted by Crippen LogP contribution is -2.28. The van der Waals surface area contributed by atoms with Crippen LogP contribution in [0.4, 0.5) is 0 Å². The second-order valence-corrected chi connectivity index (χ2v) is 7.51. The zero-order chi connectivity index (χ0) is 17.5. The van der Waals surface area contributed by atoms with Crippen molar-refractivity contribution in [2.24, 2.45) is 11.8 Å². The molecule has 7 atom stereocenters. The fourth-order valence-corrected chi connectivity index (χ4v) is 3.46. The van der Waals surface area contributed by atoms with E-state index in [4.69, 9.17) is 18.9 Å². The lowest BCUT2D eigenvalue weighted by atomic mass is 9.88. The average molecular weight is 344 g/mol. The number of aliphatic hydroxyl groups is 1. The molecule has 1 aliphatic heterocycles. The minimum absolute atomic E-state index is 0.157. The predicted octanol–water partition coefficient (Wildman–Crippen LogP) is 3.48. The van der Waals surface area contributed by atoms with Crippen LogP contribution in [-0.4, -0.2) is 49.2 Å². The molecule has 0 radical (unpaired) electrons. The normalized spacial score (nSPS) is 33.9. The van der Waals surface area contributed by atoms with Crippen LogP contribution in [0.15, 0.2) is 0 Å². The molecule has 1 heterocycles. The number of hydrogen-bond acceptors (Lipinski definition) is 5. The molecule has 1 N–H and O–H groups in total. The van der Waals surface area contributed by atoms with Crippen molar-refractivity contribution in [3.05, 3.63) is 0 Å². The van der Waals surface area contributed by atoms with Crippen molar-refractivity contribution in [1.82, 2.24) is 0 Å². The first kappa shape index (κ1) is 20.1. The Balaban J connectivity index is 1.56. The largest absolute Gasteiger partial charge is 0.393 e. The van der Waals surface area contributed by atoms with E-state index in [1.165, 1.54) is 0 Å². The molecule has 142 valence electrons. The van der Waals surface area contributed by atoms with Crippen LogP contribution < -0.4 is 0 Å². The van der Waals surface area contributed by atoms with Crippen LogP contribution in [-0.2, 0) is 18.9 Å². The predicted molar refractivity (Wildman–Crippen MR) is 92.6 cm³/mol. The molecule has 1 aliphatic carbocycles. The molecule has 0 aromatic rings. The van der Waals surface area contributed by atoms with Gasteiger partial charge in [-0.05, 0) is 58.3 Å². The second-order valence-electron chi connectivity index (χ2n) is 7.51. The van der Waals surface area contributed by atoms with E-state index in [2.05, 4.69) is 13.8 Å². The number of ether oxygens (including phenoxy) is 4. The third-order valence-electron chi connectivity index (χ3n) is 5.25. The topological polar surface area (TPSA) is 60.5 Å². The number of epoxide rings is 1. The van der Waals surface area contributed by atoms with Gasteiger partial charge >= 0.3 is 0 Å². The molecule has 0 bridgehead atoms. The fraction of sp³-hybridized carbons (Fsp3) is 1.00. The highest BCUT2D eigenvalue weighted by molar-refractivity contribution is 4.82. The van der Waals surface area contributed by atoms with Crippen LogP contribution in [0.25, 0.3) is 0 Å². The van der Waals surface area contributed by atoms with E-state index in [1.54, 1.807) is 0 Å². The van der Waals surface area contributed by atoms with Crippen LogP contribution in [0.1, 0.15) is 66.2 Å². The van der Waals surface area contributed by atoms with Crippen molar-refractivity contribution in [1.29, 1.82) is 0 Å². The Morgan fingerprint density at radius 2 is 1.88 bits per heavy atom. The molecule has 24 heavy (non-hydrogen) atoms. The van der Waals surface area contributed by atoms with E-state index in [9.17, 15) is 5.11 Å². The summed E-state index contributed by atoms with van der Waals surface area (Å²) >= 11 is 0. The smallest absolute Gasteiger partial charge is 0.157 e. The van der Waals surface area contributed by atoms with Gasteiger partial charge < -0.3 is 24.1 Å². The Morgan fingerprint density at radius 1 is 1.17 bits per heavy atom. The van der Waals surface area contributed by atoms with Gasteiger partial charge in [0.2, 0.25) is 0 Å². The van der Waals surface area contributed by atoms with Crippen LogP contribution in [0.3, 0.4) is 0 Å². The SMILES string of the molecule is CCC(COC(C)OC(C)OCC1CCC[C@@H](O)C1)CC1OC1C. The molecule has 2 rings (SSSR count). The van der Waals surface area contributed by atoms with Gasteiger partial charge in [0.1, 0.15) is 0 Å². The number of hydrogen-bond donors (Lipinski definition) is 1. The van der Waals surface area contributed by atoms with E-state index >= 15 is 0 Å². The highest BCUT2D eigenvalue weighted by Gasteiger charge is 2.35. The standard InChI is InChI=1S/C19H36O5/c1-5-16(10-19-13(2)23-19)11-21-14(3)24-15(4)22-12-17-7-6-8-18(20)9-17/h13-20H,5-12H2,1-4H3/t13?,14?,15?,16?,17?,18-,19?/m1/s1. The summed E-state index contributed by atoms with van der Waals surface area (Å²) in [5.74, 6) is 0.965. The Morgan fingerprint density at radius 3 is 2.50 bits per heavy atom. The Labute approximate surface area is 147 Å². The van der Waals surface area contributed by atoms with Gasteiger partial charge in [-0.3, -0.25) is 0 Å². The molecule has 0 aromatic carbocycles. The van der Waals surface area contributed by atoms with Gasteiger partial charge in [0.25, 0.3) is 0 Å². The Hall–Kier alpha value is -0.200. The van der Waals surface area contributed by atoms with Crippen molar-refractivity contribution in [3.63, 3.8) is 0 Å². The molecule has 2 fully saturated rings. The van der Waals surface area contributed by atoms with Gasteiger partial charge in [-0.25, -0.2) is 0 Å². The molecule has 6 unspecified atom stereocenters. The van der Waals surface area contributed by atoms with Crippen LogP contribution >= 0.6 is 0 Å². The Kier molecular flexibility index (Phi) is 8.44. The molecule has 0 amide bonds. The molecule has 0 aromatic heterocycles. The first-order valence-corrected chi connectivity index (χ1v) is 9.70. The van der Waals surface area contributed by atoms with E-state index in [-0.39, 0.29) is 18.7 Å². The minimum atomic E-state index is -0.286. The maximum Gasteiger partial charge on any atom is 0.157 e. The van der Waals surface area contributed by atoms with Crippen molar-refractivity contribution in [3.8, 4) is 0 Å². The van der Waals surface area contributed by atoms with Crippen LogP contribution in [0.5, 0.6) is 0 Å². The van der Waals surface area contributed by atoms with E-state index in [1.807, 2.05) is 13.8 Å². The van der Waals surface area contributed by atoms with E-state index in [0.717, 1.165) is 38.5 Å². The zero-order valence-corrected chi connectivity index (χ0v) is 15.8. The van der Waals surface area contributed by atoms with Gasteiger partial charge in [-0.1, -0.05) is 19.8 Å². The summed E-state index contributed by atoms with van der Waals surface area (Å²) in [6.45, 7) is 9.50. The maximum absolute atomic E-state index is 9.70. The van der Waals surface area contributed by atoms with Crippen molar-refractivity contribution in [2.75, 3.05) is 13.2 Å². The summed E-state index contributed by atoms with van der Waals surface area (Å²) in [7, 11) is 0. The summed E-state index contributed by atoms with van der Waals surface area (Å²) in [6.07, 6.45) is 6.28. The average Bonchev–Trinajstić information content (AvgIpc) is 3.24. The molecule has 5 heteroatoms. The lowest BCUT2D eigenvalue weighted by Gasteiger charge is -2.27. The monoisotopic (exact) mass is 344 g/mol. The number of aliphatic hydroxyl groups excluding tert-OH is 1. The molecule has 1 saturated carbocycles. The van der Waals surface area contributed by atoms with Crippen molar-refractivity contribution >= 4 is 0 Å². The Bertz CT molecular complexity index is 351.